The van der Waals surface area contributed by atoms with Crippen LogP contribution in [0.4, 0.5) is 0 Å². The van der Waals surface area contributed by atoms with Gasteiger partial charge in [-0.2, -0.15) is 0 Å². The minimum Gasteiger partial charge on any atom is -0.479 e. The van der Waals surface area contributed by atoms with E-state index in [9.17, 15) is 9.36 Å². The molecule has 0 aromatic heterocycles. The summed E-state index contributed by atoms with van der Waals surface area (Å²) in [6.45, 7) is 0. The minimum atomic E-state index is -4.84. The molecule has 0 radical (unpaired) electrons. The van der Waals surface area contributed by atoms with Crippen molar-refractivity contribution in [3.8, 4) is 0 Å². The molecule has 92 valence electrons. The summed E-state index contributed by atoms with van der Waals surface area (Å²) in [5.41, 5.74) is 18.4. The van der Waals surface area contributed by atoms with Crippen molar-refractivity contribution in [2.75, 3.05) is 7.05 Å². The third-order valence-electron chi connectivity index (χ3n) is 1.29. The Kier molecular flexibility index (Phi) is 11.7. The van der Waals surface area contributed by atoms with Gasteiger partial charge in [-0.25, -0.2) is 4.79 Å². The standard InChI is InChI=1S/C4H10N3O5P.N3.Na/c1-7(4(5)6)2(3(8)9)13(10,11)12;1-3-2;/h2H,1H3,(H3,5,6)(H,8,9)(H2,10,11,12);;/q;-1;+1. The van der Waals surface area contributed by atoms with Crippen LogP contribution in [-0.4, -0.2) is 44.6 Å². The number of hydrogen-bond acceptors (Lipinski definition) is 3. The molecule has 6 N–H and O–H groups in total. The molecule has 0 spiro atoms. The van der Waals surface area contributed by atoms with Gasteiger partial charge in [0.2, 0.25) is 5.78 Å². The van der Waals surface area contributed by atoms with E-state index in [1.807, 2.05) is 0 Å². The van der Waals surface area contributed by atoms with Gasteiger partial charge in [0.15, 0.2) is 5.96 Å². The monoisotopic (exact) mass is 276 g/mol. The van der Waals surface area contributed by atoms with Gasteiger partial charge in [-0.3, -0.25) is 14.9 Å². The Bertz CT molecular complexity index is 350. The average Bonchev–Trinajstić information content (AvgIpc) is 2.01. The number of hydrogen-bond donors (Lipinski definition) is 5. The van der Waals surface area contributed by atoms with Crippen LogP contribution >= 0.6 is 7.60 Å². The van der Waals surface area contributed by atoms with Gasteiger partial charge in [-0.1, -0.05) is 0 Å². The Morgan fingerprint density at radius 3 is 1.88 bits per heavy atom. The number of guanidine groups is 1. The number of carboxylic acid groups (broad SMARTS) is 1. The normalized spacial score (nSPS) is 10.8. The van der Waals surface area contributed by atoms with Crippen LogP contribution in [0.1, 0.15) is 0 Å². The van der Waals surface area contributed by atoms with Crippen LogP contribution < -0.4 is 35.3 Å². The van der Waals surface area contributed by atoms with E-state index in [2.05, 4.69) is 0 Å². The predicted octanol–water partition coefficient (Wildman–Crippen LogP) is -3.73. The van der Waals surface area contributed by atoms with Crippen molar-refractivity contribution in [1.29, 1.82) is 5.41 Å². The van der Waals surface area contributed by atoms with Gasteiger partial charge in [0.1, 0.15) is 0 Å². The van der Waals surface area contributed by atoms with Crippen LogP contribution in [0.5, 0.6) is 0 Å². The van der Waals surface area contributed by atoms with Crippen LogP contribution in [0.3, 0.4) is 0 Å². The maximum atomic E-state index is 10.6. The third kappa shape index (κ3) is 8.95. The molecule has 1 atom stereocenters. The van der Waals surface area contributed by atoms with E-state index in [0.717, 1.165) is 7.05 Å². The molecule has 0 aromatic carbocycles. The molecule has 0 amide bonds. The van der Waals surface area contributed by atoms with Crippen LogP contribution in [0.2, 0.25) is 0 Å². The van der Waals surface area contributed by atoms with E-state index in [4.69, 9.17) is 37.1 Å². The second-order valence-corrected chi connectivity index (χ2v) is 4.05. The molecule has 0 aliphatic heterocycles. The van der Waals surface area contributed by atoms with Crippen molar-refractivity contribution < 1.29 is 53.8 Å². The molecule has 0 bridgehead atoms. The first-order chi connectivity index (χ1) is 7.09. The molecular weight excluding hydrogens is 266 g/mol. The molecule has 0 aliphatic carbocycles. The van der Waals surface area contributed by atoms with Crippen LogP contribution in [0, 0.1) is 5.41 Å². The first kappa shape index (κ1) is 21.5. The molecule has 0 aliphatic rings. The summed E-state index contributed by atoms with van der Waals surface area (Å²) in [5.74, 6) is -4.56. The summed E-state index contributed by atoms with van der Waals surface area (Å²) in [5, 5.41) is 15.2. The van der Waals surface area contributed by atoms with Crippen molar-refractivity contribution >= 4 is 19.5 Å². The van der Waals surface area contributed by atoms with Crippen molar-refractivity contribution in [3.63, 3.8) is 0 Å². The van der Waals surface area contributed by atoms with Gasteiger partial charge in [-0.15, -0.1) is 0 Å². The molecule has 0 saturated heterocycles. The van der Waals surface area contributed by atoms with Crippen LogP contribution in [0.25, 0.3) is 16.0 Å². The molecule has 0 heterocycles. The summed E-state index contributed by atoms with van der Waals surface area (Å²) in [6.07, 6.45) is 0. The number of nitrogens with two attached hydrogens (primary N) is 1. The van der Waals surface area contributed by atoms with Gasteiger partial charge < -0.3 is 36.6 Å². The van der Waals surface area contributed by atoms with Crippen molar-refractivity contribution in [3.05, 3.63) is 16.0 Å². The molecule has 11 nitrogen and oxygen atoms in total. The topological polar surface area (TPSA) is 207 Å². The minimum absolute atomic E-state index is 0. The Hall–Kier alpha value is -0.800. The Morgan fingerprint density at radius 2 is 1.82 bits per heavy atom. The molecule has 13 heteroatoms. The van der Waals surface area contributed by atoms with Gasteiger partial charge in [0, 0.05) is 7.05 Å². The number of rotatable bonds is 3. The summed E-state index contributed by atoms with van der Waals surface area (Å²) < 4.78 is 10.6. The zero-order valence-corrected chi connectivity index (χ0v) is 11.9. The zero-order chi connectivity index (χ0) is 13.5. The van der Waals surface area contributed by atoms with Gasteiger partial charge in [0.05, 0.1) is 0 Å². The second-order valence-electron chi connectivity index (χ2n) is 2.39. The molecule has 1 unspecified atom stereocenters. The van der Waals surface area contributed by atoms with Crippen LogP contribution in [0.15, 0.2) is 0 Å². The molecule has 0 rings (SSSR count). The number of nitrogens with zero attached hydrogens (tertiary/aromatic N) is 4. The fourth-order valence-electron chi connectivity index (χ4n) is 0.667. The number of likely N-dealkylation sites (N-methyl/N-ethyl adjacent to an activating group) is 1. The molecule has 0 saturated carbocycles. The maximum absolute atomic E-state index is 10.6. The zero-order valence-electron chi connectivity index (χ0n) is 9.05. The van der Waals surface area contributed by atoms with Gasteiger partial charge in [-0.05, 0) is 0 Å². The number of aliphatic carboxylic acids is 1. The van der Waals surface area contributed by atoms with E-state index < -0.39 is 25.3 Å². The first-order valence-corrected chi connectivity index (χ1v) is 5.11. The summed E-state index contributed by atoms with van der Waals surface area (Å²) in [4.78, 5) is 29.6. The Labute approximate surface area is 118 Å². The fourth-order valence-corrected chi connectivity index (χ4v) is 1.53. The van der Waals surface area contributed by atoms with Gasteiger partial charge >= 0.3 is 43.1 Å². The van der Waals surface area contributed by atoms with Crippen molar-refractivity contribution in [2.45, 2.75) is 5.78 Å². The second kappa shape index (κ2) is 9.25. The van der Waals surface area contributed by atoms with Crippen molar-refractivity contribution in [1.82, 2.24) is 4.90 Å². The molecule has 17 heavy (non-hydrogen) atoms. The molecular formula is C4H10N6NaO5P. The largest absolute Gasteiger partial charge is 1.00 e. The van der Waals surface area contributed by atoms with E-state index in [1.165, 1.54) is 4.91 Å². The van der Waals surface area contributed by atoms with E-state index in [-0.39, 0.29) is 29.6 Å². The summed E-state index contributed by atoms with van der Waals surface area (Å²) in [7, 11) is -3.82. The number of nitrogens with one attached hydrogen (secondary N) is 1. The maximum Gasteiger partial charge on any atom is 1.00 e. The van der Waals surface area contributed by atoms with E-state index in [1.54, 1.807) is 0 Å². The fraction of sp³-hybridized carbons (Fsp3) is 0.500. The molecule has 0 fully saturated rings. The van der Waals surface area contributed by atoms with E-state index in [0.29, 0.717) is 4.90 Å². The SMILES string of the molecule is CN(C(=N)N)C(C(=O)O)P(=O)(O)O.[N-]=[N+]=[N-].[Na+]. The van der Waals surface area contributed by atoms with Crippen LogP contribution in [-0.2, 0) is 9.36 Å². The summed E-state index contributed by atoms with van der Waals surface area (Å²) >= 11 is 0. The van der Waals surface area contributed by atoms with Crippen molar-refractivity contribution in [2.24, 2.45) is 5.73 Å². The number of carbonyl (C=O) groups is 1. The van der Waals surface area contributed by atoms with Gasteiger partial charge in [0.25, 0.3) is 0 Å². The Morgan fingerprint density at radius 1 is 1.53 bits per heavy atom. The first-order valence-electron chi connectivity index (χ1n) is 3.42. The quantitative estimate of drug-likeness (QED) is 0.0661. The van der Waals surface area contributed by atoms with E-state index >= 15 is 0 Å². The summed E-state index contributed by atoms with van der Waals surface area (Å²) in [6, 6.07) is 0. The average molecular weight is 276 g/mol. The number of carboxylic acids is 1. The predicted molar refractivity (Wildman–Crippen MR) is 53.2 cm³/mol. The Balaban J connectivity index is -0.000000440. The molecule has 0 aromatic rings. The smallest absolute Gasteiger partial charge is 0.479 e. The third-order valence-corrected chi connectivity index (χ3v) is 2.49.